The Hall–Kier alpha value is -3.78. The molecule has 2 aromatic carbocycles. The summed E-state index contributed by atoms with van der Waals surface area (Å²) in [7, 11) is 0. The molecule has 1 saturated heterocycles. The molecule has 8 heteroatoms. The number of carbonyl (C=O) groups excluding carboxylic acids is 1. The van der Waals surface area contributed by atoms with Gasteiger partial charge >= 0.3 is 0 Å². The average Bonchev–Trinajstić information content (AvgIpc) is 3.55. The molecule has 1 aliphatic rings. The number of aromatic nitrogens is 4. The van der Waals surface area contributed by atoms with Crippen molar-refractivity contribution in [2.45, 2.75) is 0 Å². The van der Waals surface area contributed by atoms with Crippen LogP contribution < -0.4 is 4.90 Å². The second-order valence-corrected chi connectivity index (χ2v) is 8.59. The summed E-state index contributed by atoms with van der Waals surface area (Å²) >= 11 is 1.64. The number of para-hydroxylation sites is 1. The lowest BCUT2D eigenvalue weighted by atomic mass is 10.1. The van der Waals surface area contributed by atoms with Gasteiger partial charge in [-0.2, -0.15) is 11.3 Å². The molecule has 0 aliphatic carbocycles. The van der Waals surface area contributed by atoms with Crippen LogP contribution in [-0.4, -0.2) is 56.9 Å². The Morgan fingerprint density at radius 2 is 1.84 bits per heavy atom. The fourth-order valence-electron chi connectivity index (χ4n) is 4.19. The van der Waals surface area contributed by atoms with Crippen LogP contribution in [-0.2, 0) is 0 Å². The Kier molecular flexibility index (Phi) is 4.57. The number of hydrogen-bond donors (Lipinski definition) is 1. The number of piperazine rings is 1. The number of carbonyl (C=O) groups is 1. The van der Waals surface area contributed by atoms with Gasteiger partial charge < -0.3 is 14.8 Å². The Morgan fingerprint density at radius 3 is 2.69 bits per heavy atom. The van der Waals surface area contributed by atoms with Crippen molar-refractivity contribution in [2.75, 3.05) is 31.1 Å². The van der Waals surface area contributed by atoms with Crippen molar-refractivity contribution in [1.82, 2.24) is 24.8 Å². The summed E-state index contributed by atoms with van der Waals surface area (Å²) in [5, 5.41) is 5.15. The van der Waals surface area contributed by atoms with Gasteiger partial charge in [0.15, 0.2) is 5.82 Å². The van der Waals surface area contributed by atoms with Gasteiger partial charge in [-0.25, -0.2) is 15.0 Å². The molecule has 0 radical (unpaired) electrons. The summed E-state index contributed by atoms with van der Waals surface area (Å²) < 4.78 is 0. The van der Waals surface area contributed by atoms with E-state index >= 15 is 0 Å². The van der Waals surface area contributed by atoms with Crippen molar-refractivity contribution in [3.05, 3.63) is 71.2 Å². The SMILES string of the molecule is O=C(c1ccc2nc[nH]c2c1)N1CCN(c2nc(-c3ccsc3)nc3ccccc23)CC1. The van der Waals surface area contributed by atoms with Crippen LogP contribution in [0.1, 0.15) is 10.4 Å². The first-order chi connectivity index (χ1) is 15.8. The number of hydrogen-bond acceptors (Lipinski definition) is 6. The van der Waals surface area contributed by atoms with Crippen LogP contribution in [0.5, 0.6) is 0 Å². The summed E-state index contributed by atoms with van der Waals surface area (Å²) in [5.41, 5.74) is 4.39. The van der Waals surface area contributed by atoms with Gasteiger partial charge in [0, 0.05) is 48.1 Å². The molecule has 0 unspecified atom stereocenters. The minimum atomic E-state index is 0.0488. The predicted molar refractivity (Wildman–Crippen MR) is 127 cm³/mol. The molecule has 0 atom stereocenters. The van der Waals surface area contributed by atoms with Crippen LogP contribution in [0.4, 0.5) is 5.82 Å². The second kappa shape index (κ2) is 7.72. The highest BCUT2D eigenvalue weighted by Crippen LogP contribution is 2.29. The number of nitrogens with one attached hydrogen (secondary N) is 1. The fraction of sp³-hybridized carbons (Fsp3) is 0.167. The van der Waals surface area contributed by atoms with Crippen molar-refractivity contribution < 1.29 is 4.79 Å². The number of fused-ring (bicyclic) bond motifs is 2. The highest BCUT2D eigenvalue weighted by Gasteiger charge is 2.25. The molecular formula is C24H20N6OS. The molecule has 0 saturated carbocycles. The Balaban J connectivity index is 1.26. The van der Waals surface area contributed by atoms with Crippen molar-refractivity contribution in [3.8, 4) is 11.4 Å². The molecule has 1 N–H and O–H groups in total. The molecule has 6 rings (SSSR count). The van der Waals surface area contributed by atoms with E-state index < -0.39 is 0 Å². The minimum absolute atomic E-state index is 0.0488. The number of H-pyrrole nitrogens is 1. The Morgan fingerprint density at radius 1 is 0.969 bits per heavy atom. The maximum absolute atomic E-state index is 13.1. The van der Waals surface area contributed by atoms with Crippen molar-refractivity contribution in [1.29, 1.82) is 0 Å². The summed E-state index contributed by atoms with van der Waals surface area (Å²) in [5.74, 6) is 1.72. The minimum Gasteiger partial charge on any atom is -0.352 e. The third-order valence-corrected chi connectivity index (χ3v) is 6.58. The van der Waals surface area contributed by atoms with Crippen molar-refractivity contribution >= 4 is 45.0 Å². The third-order valence-electron chi connectivity index (χ3n) is 5.90. The standard InChI is InChI=1S/C24H20N6OS/c31-24(16-5-6-20-21(13-16)26-15-25-20)30-10-8-29(9-11-30)23-18-3-1-2-4-19(18)27-22(28-23)17-7-12-32-14-17/h1-7,12-15H,8-11H2,(H,25,26). The number of thiophene rings is 1. The molecular weight excluding hydrogens is 420 g/mol. The molecule has 1 amide bonds. The number of aromatic amines is 1. The first kappa shape index (κ1) is 18.9. The summed E-state index contributed by atoms with van der Waals surface area (Å²) in [6.07, 6.45) is 1.65. The largest absolute Gasteiger partial charge is 0.352 e. The molecule has 3 aromatic heterocycles. The zero-order chi connectivity index (χ0) is 21.5. The van der Waals surface area contributed by atoms with Crippen molar-refractivity contribution in [2.24, 2.45) is 0 Å². The molecule has 1 fully saturated rings. The van der Waals surface area contributed by atoms with E-state index in [9.17, 15) is 4.79 Å². The van der Waals surface area contributed by atoms with Crippen LogP contribution in [0.25, 0.3) is 33.3 Å². The van der Waals surface area contributed by atoms with Crippen LogP contribution in [0.15, 0.2) is 65.6 Å². The van der Waals surface area contributed by atoms with Gasteiger partial charge in [-0.15, -0.1) is 0 Å². The van der Waals surface area contributed by atoms with Gasteiger partial charge in [-0.3, -0.25) is 4.79 Å². The molecule has 32 heavy (non-hydrogen) atoms. The van der Waals surface area contributed by atoms with E-state index in [1.54, 1.807) is 17.7 Å². The van der Waals surface area contributed by atoms with E-state index in [0.29, 0.717) is 18.7 Å². The van der Waals surface area contributed by atoms with E-state index in [4.69, 9.17) is 9.97 Å². The third kappa shape index (κ3) is 3.29. The molecule has 158 valence electrons. The summed E-state index contributed by atoms with van der Waals surface area (Å²) in [6.45, 7) is 2.74. The molecule has 0 bridgehead atoms. The van der Waals surface area contributed by atoms with Gasteiger partial charge in [-0.05, 0) is 41.8 Å². The lowest BCUT2D eigenvalue weighted by Gasteiger charge is -2.36. The maximum atomic E-state index is 13.1. The smallest absolute Gasteiger partial charge is 0.254 e. The lowest BCUT2D eigenvalue weighted by molar-refractivity contribution is 0.0747. The predicted octanol–water partition coefficient (Wildman–Crippen LogP) is 4.20. The van der Waals surface area contributed by atoms with Gasteiger partial charge in [0.2, 0.25) is 0 Å². The number of benzene rings is 2. The van der Waals surface area contributed by atoms with Crippen LogP contribution in [0, 0.1) is 0 Å². The number of amides is 1. The molecule has 1 aliphatic heterocycles. The fourth-order valence-corrected chi connectivity index (χ4v) is 4.83. The van der Waals surface area contributed by atoms with Gasteiger partial charge in [0.1, 0.15) is 5.82 Å². The average molecular weight is 441 g/mol. The summed E-state index contributed by atoms with van der Waals surface area (Å²) in [6, 6.07) is 15.8. The summed E-state index contributed by atoms with van der Waals surface area (Å²) in [4.78, 5) is 34.3. The zero-order valence-corrected chi connectivity index (χ0v) is 18.0. The van der Waals surface area contributed by atoms with E-state index in [-0.39, 0.29) is 5.91 Å². The van der Waals surface area contributed by atoms with Crippen LogP contribution in [0.2, 0.25) is 0 Å². The van der Waals surface area contributed by atoms with Crippen LogP contribution in [0.3, 0.4) is 0 Å². The quantitative estimate of drug-likeness (QED) is 0.455. The van der Waals surface area contributed by atoms with Gasteiger partial charge in [-0.1, -0.05) is 12.1 Å². The number of nitrogens with zero attached hydrogens (tertiary/aromatic N) is 5. The Labute approximate surface area is 188 Å². The topological polar surface area (TPSA) is 78.0 Å². The number of anilines is 1. The van der Waals surface area contributed by atoms with E-state index in [1.165, 1.54) is 0 Å². The lowest BCUT2D eigenvalue weighted by Crippen LogP contribution is -2.49. The van der Waals surface area contributed by atoms with Crippen molar-refractivity contribution in [3.63, 3.8) is 0 Å². The Bertz CT molecular complexity index is 1420. The number of imidazole rings is 1. The maximum Gasteiger partial charge on any atom is 0.254 e. The van der Waals surface area contributed by atoms with Gasteiger partial charge in [0.25, 0.3) is 5.91 Å². The first-order valence-corrected chi connectivity index (χ1v) is 11.5. The highest BCUT2D eigenvalue weighted by molar-refractivity contribution is 7.08. The first-order valence-electron chi connectivity index (χ1n) is 10.5. The molecule has 5 aromatic rings. The monoisotopic (exact) mass is 440 g/mol. The van der Waals surface area contributed by atoms with E-state index in [0.717, 1.165) is 52.2 Å². The van der Waals surface area contributed by atoms with Crippen LogP contribution >= 0.6 is 11.3 Å². The highest BCUT2D eigenvalue weighted by atomic mass is 32.1. The second-order valence-electron chi connectivity index (χ2n) is 7.81. The normalized spacial score (nSPS) is 14.4. The number of rotatable bonds is 3. The van der Waals surface area contributed by atoms with E-state index in [1.807, 2.05) is 52.7 Å². The molecule has 0 spiro atoms. The zero-order valence-electron chi connectivity index (χ0n) is 17.2. The molecule has 4 heterocycles. The molecule has 7 nitrogen and oxygen atoms in total. The van der Waals surface area contributed by atoms with E-state index in [2.05, 4.69) is 26.3 Å². The van der Waals surface area contributed by atoms with Gasteiger partial charge in [0.05, 0.1) is 22.9 Å².